The zero-order valence-electron chi connectivity index (χ0n) is 15.9. The van der Waals surface area contributed by atoms with Crippen LogP contribution in [0.15, 0.2) is 60.9 Å². The number of fused-ring (bicyclic) bond motifs is 1. The molecule has 3 aromatic heterocycles. The molecule has 0 bridgehead atoms. The average molecular weight is 371 g/mol. The van der Waals surface area contributed by atoms with Gasteiger partial charge in [0.2, 0.25) is 11.9 Å². The van der Waals surface area contributed by atoms with Crippen molar-refractivity contribution in [3.63, 3.8) is 0 Å². The third-order valence-electron chi connectivity index (χ3n) is 4.61. The molecule has 0 fully saturated rings. The summed E-state index contributed by atoms with van der Waals surface area (Å²) in [6.07, 6.45) is 4.66. The predicted octanol–water partition coefficient (Wildman–Crippen LogP) is 3.98. The maximum absolute atomic E-state index is 12.3. The molecular formula is C22H21N5O. The van der Waals surface area contributed by atoms with Gasteiger partial charge >= 0.3 is 0 Å². The Morgan fingerprint density at radius 1 is 1.04 bits per heavy atom. The number of aromatic nitrogens is 4. The van der Waals surface area contributed by atoms with Gasteiger partial charge in [-0.2, -0.15) is 0 Å². The molecule has 0 aliphatic heterocycles. The van der Waals surface area contributed by atoms with E-state index in [2.05, 4.69) is 32.4 Å². The monoisotopic (exact) mass is 371 g/mol. The molecule has 6 heteroatoms. The van der Waals surface area contributed by atoms with Gasteiger partial charge < -0.3 is 0 Å². The Bertz CT molecular complexity index is 1130. The number of pyridine rings is 1. The van der Waals surface area contributed by atoms with Gasteiger partial charge in [-0.05, 0) is 44.0 Å². The summed E-state index contributed by atoms with van der Waals surface area (Å²) in [5, 5.41) is 2.80. The van der Waals surface area contributed by atoms with Gasteiger partial charge in [-0.25, -0.2) is 15.0 Å². The van der Waals surface area contributed by atoms with Crippen LogP contribution in [0.3, 0.4) is 0 Å². The van der Waals surface area contributed by atoms with Crippen LogP contribution in [0.4, 0.5) is 5.95 Å². The number of carbonyl (C=O) groups excluding carboxylic acids is 1. The normalized spacial score (nSPS) is 10.9. The molecule has 1 aromatic carbocycles. The fourth-order valence-corrected chi connectivity index (χ4v) is 3.17. The Hall–Kier alpha value is -3.54. The second kappa shape index (κ2) is 7.60. The van der Waals surface area contributed by atoms with Crippen LogP contribution in [0, 0.1) is 13.8 Å². The number of anilines is 1. The summed E-state index contributed by atoms with van der Waals surface area (Å²) in [7, 11) is 0. The molecule has 3 heterocycles. The molecule has 0 atom stereocenters. The predicted molar refractivity (Wildman–Crippen MR) is 109 cm³/mol. The van der Waals surface area contributed by atoms with Gasteiger partial charge in [-0.15, -0.1) is 0 Å². The number of nitrogens with one attached hydrogen (secondary N) is 1. The highest BCUT2D eigenvalue weighted by Crippen LogP contribution is 2.23. The minimum Gasteiger partial charge on any atom is -0.298 e. The minimum absolute atomic E-state index is 0.104. The van der Waals surface area contributed by atoms with Crippen LogP contribution in [0.5, 0.6) is 0 Å². The summed E-state index contributed by atoms with van der Waals surface area (Å²) in [6.45, 7) is 4.00. The van der Waals surface area contributed by atoms with E-state index in [0.717, 1.165) is 28.3 Å². The molecule has 0 saturated heterocycles. The summed E-state index contributed by atoms with van der Waals surface area (Å²) < 4.78 is 1.99. The van der Waals surface area contributed by atoms with Crippen molar-refractivity contribution in [3.05, 3.63) is 77.7 Å². The summed E-state index contributed by atoms with van der Waals surface area (Å²) in [5.41, 5.74) is 5.70. The van der Waals surface area contributed by atoms with E-state index in [1.165, 1.54) is 5.56 Å². The summed E-state index contributed by atoms with van der Waals surface area (Å²) in [5.74, 6) is 0.198. The van der Waals surface area contributed by atoms with Crippen molar-refractivity contribution in [1.82, 2.24) is 19.4 Å². The highest BCUT2D eigenvalue weighted by molar-refractivity contribution is 5.89. The quantitative estimate of drug-likeness (QED) is 0.576. The van der Waals surface area contributed by atoms with Gasteiger partial charge in [-0.1, -0.05) is 35.9 Å². The molecule has 4 aromatic rings. The molecule has 1 N–H and O–H groups in total. The van der Waals surface area contributed by atoms with E-state index in [4.69, 9.17) is 0 Å². The van der Waals surface area contributed by atoms with Crippen molar-refractivity contribution in [1.29, 1.82) is 0 Å². The molecule has 0 spiro atoms. The second-order valence-electron chi connectivity index (χ2n) is 6.77. The lowest BCUT2D eigenvalue weighted by atomic mass is 10.1. The zero-order chi connectivity index (χ0) is 19.5. The van der Waals surface area contributed by atoms with Crippen molar-refractivity contribution < 1.29 is 4.79 Å². The SMILES string of the molecule is Cc1ccc(CCC(=O)Nc2nccc(-c3c(C)nc4ccccn34)n2)cc1. The standard InChI is InChI=1S/C22H21N5O/c1-15-6-8-17(9-7-15)10-11-20(28)26-22-23-13-12-18(25-22)21-16(2)24-19-5-3-4-14-27(19)21/h3-9,12-14H,10-11H2,1-2H3,(H,23,25,26,28). The molecule has 140 valence electrons. The number of nitrogens with zero attached hydrogens (tertiary/aromatic N) is 4. The van der Waals surface area contributed by atoms with E-state index in [0.29, 0.717) is 18.8 Å². The largest absolute Gasteiger partial charge is 0.298 e. The van der Waals surface area contributed by atoms with E-state index in [-0.39, 0.29) is 5.91 Å². The lowest BCUT2D eigenvalue weighted by molar-refractivity contribution is -0.116. The van der Waals surface area contributed by atoms with Crippen LogP contribution < -0.4 is 5.32 Å². The van der Waals surface area contributed by atoms with Crippen molar-refractivity contribution in [2.75, 3.05) is 5.32 Å². The molecule has 0 saturated carbocycles. The van der Waals surface area contributed by atoms with Gasteiger partial charge in [0.15, 0.2) is 0 Å². The first-order chi connectivity index (χ1) is 13.6. The number of aryl methyl sites for hydroxylation is 3. The average Bonchev–Trinajstić information content (AvgIpc) is 3.03. The van der Waals surface area contributed by atoms with E-state index < -0.39 is 0 Å². The van der Waals surface area contributed by atoms with E-state index in [9.17, 15) is 4.79 Å². The van der Waals surface area contributed by atoms with Crippen LogP contribution in [0.25, 0.3) is 17.0 Å². The maximum atomic E-state index is 12.3. The van der Waals surface area contributed by atoms with Crippen LogP contribution in [-0.2, 0) is 11.2 Å². The van der Waals surface area contributed by atoms with Gasteiger partial charge in [0, 0.05) is 18.8 Å². The van der Waals surface area contributed by atoms with Crippen LogP contribution in [0.2, 0.25) is 0 Å². The van der Waals surface area contributed by atoms with Crippen molar-refractivity contribution >= 4 is 17.5 Å². The summed E-state index contributed by atoms with van der Waals surface area (Å²) in [4.78, 5) is 25.6. The van der Waals surface area contributed by atoms with Crippen LogP contribution in [0.1, 0.15) is 23.2 Å². The molecule has 1 amide bonds. The van der Waals surface area contributed by atoms with Crippen LogP contribution in [-0.4, -0.2) is 25.3 Å². The summed E-state index contributed by atoms with van der Waals surface area (Å²) >= 11 is 0. The lowest BCUT2D eigenvalue weighted by Gasteiger charge is -2.07. The third-order valence-corrected chi connectivity index (χ3v) is 4.61. The molecule has 0 unspecified atom stereocenters. The second-order valence-corrected chi connectivity index (χ2v) is 6.77. The van der Waals surface area contributed by atoms with Gasteiger partial charge in [0.1, 0.15) is 5.65 Å². The maximum Gasteiger partial charge on any atom is 0.229 e. The number of imidazole rings is 1. The molecule has 0 radical (unpaired) electrons. The van der Waals surface area contributed by atoms with Gasteiger partial charge in [0.05, 0.1) is 17.1 Å². The van der Waals surface area contributed by atoms with E-state index in [1.807, 2.05) is 60.8 Å². The minimum atomic E-state index is -0.104. The molecule has 4 rings (SSSR count). The smallest absolute Gasteiger partial charge is 0.229 e. The van der Waals surface area contributed by atoms with Crippen molar-refractivity contribution in [2.24, 2.45) is 0 Å². The first kappa shape index (κ1) is 17.9. The number of hydrogen-bond acceptors (Lipinski definition) is 4. The number of carbonyl (C=O) groups is 1. The van der Waals surface area contributed by atoms with Gasteiger partial charge in [-0.3, -0.25) is 14.5 Å². The van der Waals surface area contributed by atoms with E-state index in [1.54, 1.807) is 6.20 Å². The first-order valence-electron chi connectivity index (χ1n) is 9.22. The Morgan fingerprint density at radius 3 is 2.68 bits per heavy atom. The van der Waals surface area contributed by atoms with Crippen molar-refractivity contribution in [3.8, 4) is 11.4 Å². The fraction of sp³-hybridized carbons (Fsp3) is 0.182. The molecule has 0 aliphatic carbocycles. The molecule has 28 heavy (non-hydrogen) atoms. The van der Waals surface area contributed by atoms with Gasteiger partial charge in [0.25, 0.3) is 0 Å². The third kappa shape index (κ3) is 3.76. The zero-order valence-corrected chi connectivity index (χ0v) is 15.9. The topological polar surface area (TPSA) is 72.2 Å². The van der Waals surface area contributed by atoms with Crippen LogP contribution >= 0.6 is 0 Å². The summed E-state index contributed by atoms with van der Waals surface area (Å²) in [6, 6.07) is 15.9. The lowest BCUT2D eigenvalue weighted by Crippen LogP contribution is -2.14. The first-order valence-corrected chi connectivity index (χ1v) is 9.22. The number of benzene rings is 1. The Balaban J connectivity index is 1.50. The van der Waals surface area contributed by atoms with E-state index >= 15 is 0 Å². The number of amides is 1. The highest BCUT2D eigenvalue weighted by atomic mass is 16.1. The Labute approximate surface area is 163 Å². The molecule has 6 nitrogen and oxygen atoms in total. The Morgan fingerprint density at radius 2 is 1.86 bits per heavy atom. The van der Waals surface area contributed by atoms with Crippen molar-refractivity contribution in [2.45, 2.75) is 26.7 Å². The Kier molecular flexibility index (Phi) is 4.85. The number of rotatable bonds is 5. The highest BCUT2D eigenvalue weighted by Gasteiger charge is 2.13. The fourth-order valence-electron chi connectivity index (χ4n) is 3.17. The number of hydrogen-bond donors (Lipinski definition) is 1. The molecule has 0 aliphatic rings. The molecular weight excluding hydrogens is 350 g/mol.